The molecule has 0 spiro atoms. The fraction of sp³-hybridized carbons (Fsp3) is 0.711. The number of rotatable bonds is 41. The molecular formula is C90H143N11O23. The van der Waals surface area contributed by atoms with Gasteiger partial charge in [0.15, 0.2) is 12.3 Å². The number of aromatic nitrogens is 6. The molecule has 1 saturated carbocycles. The number of aromatic amines is 1. The number of carbonyl (C=O) groups excluding carboxylic acids is 5. The van der Waals surface area contributed by atoms with Crippen molar-refractivity contribution in [3.8, 4) is 11.3 Å². The number of piperidine rings is 1. The van der Waals surface area contributed by atoms with E-state index in [2.05, 4.69) is 35.7 Å². The van der Waals surface area contributed by atoms with Gasteiger partial charge in [0, 0.05) is 121 Å². The number of oxime groups is 1. The topological polar surface area (TPSA) is 433 Å². The first-order chi connectivity index (χ1) is 59.9. The van der Waals surface area contributed by atoms with Crippen LogP contribution in [0.2, 0.25) is 0 Å². The summed E-state index contributed by atoms with van der Waals surface area (Å²) in [5.74, 6) is -7.27. The molecule has 16 atom stereocenters. The van der Waals surface area contributed by atoms with Gasteiger partial charge < -0.3 is 113 Å². The number of H-pyrrole nitrogens is 1. The van der Waals surface area contributed by atoms with Crippen LogP contribution in [-0.4, -0.2) is 304 Å². The number of cyclic esters (lactones) is 1. The minimum absolute atomic E-state index is 0.00712. The number of unbranched alkanes of at least 4 members (excludes halogenated alkanes) is 1. The number of pyridine rings is 1. The van der Waals surface area contributed by atoms with E-state index in [1.54, 1.807) is 47.3 Å². The van der Waals surface area contributed by atoms with Crippen LogP contribution in [0.5, 0.6) is 0 Å². The highest BCUT2D eigenvalue weighted by atomic mass is 16.6. The summed E-state index contributed by atoms with van der Waals surface area (Å²) in [6.45, 7) is 25.8. The second-order valence-corrected chi connectivity index (χ2v) is 32.6. The predicted molar refractivity (Wildman–Crippen MR) is 467 cm³/mol. The minimum atomic E-state index is -2.44. The molecule has 4 aliphatic rings. The van der Waals surface area contributed by atoms with E-state index >= 15 is 0 Å². The first kappa shape index (κ1) is 103. The fourth-order valence-corrected chi connectivity index (χ4v) is 15.8. The van der Waals surface area contributed by atoms with Gasteiger partial charge in [-0.15, -0.1) is 0 Å². The third-order valence-electron chi connectivity index (χ3n) is 23.1. The number of nitrogens with zero attached hydrogens (tertiary/aromatic N) is 7. The van der Waals surface area contributed by atoms with Gasteiger partial charge in [-0.1, -0.05) is 76.2 Å². The van der Waals surface area contributed by atoms with E-state index in [1.165, 1.54) is 18.3 Å². The number of ketones is 1. The molecular weight excluding hydrogens is 1600 g/mol. The SMILES string of the molecule is CCOCCOCCOCCOCCC(=O)NCCCCn1nc(-c2cnc3[nH]ccc3c2)c2c(N)ncnc21.CCOCCOCCOCCOCCNC(=O)CON=C1[C@H](C)C[C@H](C)/C=C/C=C/C=C(\C)[C@@H](OC)C[C@@H]2CC[C@@H](C)[C@@](O)(O2)C(=O)C(=O)N2CCCC[C@H]2C(=O)O[C@H]([C@H](C)C[C@@H]2CC[C@@H](O)[C@H](OC)C2)C[C@@H](O)[C@H](C)/C=C(\C)[C@@H](O)[C@H]1OC. The third-order valence-corrected chi connectivity index (χ3v) is 23.1. The molecule has 696 valence electrons. The van der Waals surface area contributed by atoms with Crippen molar-refractivity contribution < 1.29 is 111 Å². The average molecular weight is 1750 g/mol. The number of carbonyl (C=O) groups is 5. The Balaban J connectivity index is 0.000000437. The maximum Gasteiger partial charge on any atom is 0.329 e. The number of aliphatic hydroxyl groups is 4. The molecule has 9 N–H and O–H groups in total. The van der Waals surface area contributed by atoms with Gasteiger partial charge >= 0.3 is 5.97 Å². The highest BCUT2D eigenvalue weighted by molar-refractivity contribution is 6.39. The highest BCUT2D eigenvalue weighted by Crippen LogP contribution is 2.39. The molecule has 34 heteroatoms. The number of Topliss-reactive ketones (excluding diaryl/α,β-unsaturated/α-hetero) is 1. The number of allylic oxidation sites excluding steroid dienone is 5. The number of anilines is 1. The zero-order valence-electron chi connectivity index (χ0n) is 75.2. The summed E-state index contributed by atoms with van der Waals surface area (Å²) in [4.78, 5) is 91.5. The van der Waals surface area contributed by atoms with Gasteiger partial charge in [-0.2, -0.15) is 5.10 Å². The van der Waals surface area contributed by atoms with E-state index in [1.807, 2.05) is 94.9 Å². The van der Waals surface area contributed by atoms with Crippen molar-refractivity contribution in [1.29, 1.82) is 0 Å². The summed E-state index contributed by atoms with van der Waals surface area (Å²) in [5, 5.41) is 63.5. The Kier molecular flexibility index (Phi) is 47.2. The summed E-state index contributed by atoms with van der Waals surface area (Å²) in [7, 11) is 4.61. The number of fused-ring (bicyclic) bond motifs is 5. The average Bonchev–Trinajstić information content (AvgIpc) is 1.14. The molecule has 3 amide bonds. The molecule has 0 unspecified atom stereocenters. The molecule has 8 rings (SSSR count). The van der Waals surface area contributed by atoms with E-state index in [-0.39, 0.29) is 68.2 Å². The lowest BCUT2D eigenvalue weighted by atomic mass is 9.78. The number of nitrogens with one attached hydrogen (secondary N) is 3. The predicted octanol–water partition coefficient (Wildman–Crippen LogP) is 8.30. The minimum Gasteiger partial charge on any atom is -0.460 e. The third kappa shape index (κ3) is 33.9. The molecule has 2 saturated heterocycles. The van der Waals surface area contributed by atoms with Crippen molar-refractivity contribution in [2.75, 3.05) is 159 Å². The second kappa shape index (κ2) is 56.6. The molecule has 3 aliphatic heterocycles. The van der Waals surface area contributed by atoms with E-state index < -0.39 is 96.6 Å². The van der Waals surface area contributed by atoms with Gasteiger partial charge in [0.05, 0.1) is 134 Å². The molecule has 7 heterocycles. The number of nitrogen functional groups attached to an aromatic ring is 1. The maximum absolute atomic E-state index is 14.6. The number of methoxy groups -OCH3 is 3. The number of ether oxygens (including phenoxy) is 13. The Morgan fingerprint density at radius 1 is 0.726 bits per heavy atom. The smallest absolute Gasteiger partial charge is 0.329 e. The molecule has 0 aromatic carbocycles. The number of hydrogen-bond donors (Lipinski definition) is 8. The van der Waals surface area contributed by atoms with Crippen LogP contribution in [0.15, 0.2) is 83.6 Å². The zero-order valence-corrected chi connectivity index (χ0v) is 75.2. The standard InChI is InChI=1S/C63H105N3O18.C27H38N8O5/c1-12-78-28-29-80-32-33-81-31-30-79-27-25-64-56(69)40-82-65-57-45(6)34-41(2)18-14-13-15-19-42(3)53(75-9)38-49-23-21-47(8)63(74,84-49)60(71)61(72)66-26-17-16-20-50(66)62(73)83-54(44(5)36-48-22-24-51(67)55(37-48)76-10)39-52(68)43(4)35-46(7)58(70)59(57)77-11;1-2-37-11-12-39-15-16-40-14-13-38-10-6-22(36)29-7-3-4-9-35-27-23(25(28)32-19-33-27)24(34-35)21-17-20-5-8-30-26(20)31-18-21/h13-15,18-19,35,41,43-45,47-55,58-59,67-68,70,74H,12,16-17,20-34,36-40H2,1-11H3,(H,64,69);5,8,17-19H,2-4,6-7,9-16H2,1H3,(H,29,36)(H,30,31)(H2,28,32,33)/b15-13+,18-14+,42-19+,46-35+,65-57?;/t41-,43-,44-,45-,47-,48+,49+,50+,51-,52-,53+,54+,55-,58-,59+,63-;/m1./s1. The van der Waals surface area contributed by atoms with Gasteiger partial charge in [-0.05, 0) is 146 Å². The van der Waals surface area contributed by atoms with Crippen molar-refractivity contribution in [3.63, 3.8) is 0 Å². The normalized spacial score (nSPS) is 27.6. The lowest BCUT2D eigenvalue weighted by molar-refractivity contribution is -0.265. The molecule has 34 nitrogen and oxygen atoms in total. The maximum atomic E-state index is 14.6. The Morgan fingerprint density at radius 2 is 1.40 bits per heavy atom. The number of amides is 3. The van der Waals surface area contributed by atoms with Crippen LogP contribution in [0, 0.1) is 35.5 Å². The summed E-state index contributed by atoms with van der Waals surface area (Å²) >= 11 is 0. The number of aryl methyl sites for hydroxylation is 1. The van der Waals surface area contributed by atoms with Gasteiger partial charge in [-0.3, -0.25) is 19.2 Å². The second-order valence-electron chi connectivity index (χ2n) is 32.6. The number of nitrogens with two attached hydrogens (primary N) is 1. The number of hydrogen-bond acceptors (Lipinski definition) is 29. The van der Waals surface area contributed by atoms with Crippen molar-refractivity contribution >= 4 is 63.1 Å². The molecule has 4 aromatic rings. The quantitative estimate of drug-likeness (QED) is 0.00680. The first-order valence-corrected chi connectivity index (χ1v) is 44.4. The van der Waals surface area contributed by atoms with E-state index in [0.717, 1.165) is 41.4 Å². The Labute approximate surface area is 731 Å². The summed E-state index contributed by atoms with van der Waals surface area (Å²) < 4.78 is 75.2. The summed E-state index contributed by atoms with van der Waals surface area (Å²) in [5.41, 5.74) is 10.9. The van der Waals surface area contributed by atoms with Crippen LogP contribution in [0.4, 0.5) is 5.82 Å². The monoisotopic (exact) mass is 1750 g/mol. The molecule has 4 aromatic heterocycles. The van der Waals surface area contributed by atoms with E-state index in [0.29, 0.717) is 210 Å². The van der Waals surface area contributed by atoms with Crippen LogP contribution < -0.4 is 16.4 Å². The van der Waals surface area contributed by atoms with E-state index in [9.17, 15) is 44.4 Å². The lowest BCUT2D eigenvalue weighted by Crippen LogP contribution is -2.61. The van der Waals surface area contributed by atoms with Crippen LogP contribution in [0.1, 0.15) is 159 Å². The first-order valence-electron chi connectivity index (χ1n) is 44.4. The van der Waals surface area contributed by atoms with Crippen molar-refractivity contribution in [3.05, 3.63) is 78.5 Å². The van der Waals surface area contributed by atoms with Gasteiger partial charge in [0.1, 0.15) is 47.8 Å². The molecule has 124 heavy (non-hydrogen) atoms. The van der Waals surface area contributed by atoms with Gasteiger partial charge in [-0.25, -0.2) is 24.4 Å². The highest BCUT2D eigenvalue weighted by Gasteiger charge is 2.53. The molecule has 3 fully saturated rings. The van der Waals surface area contributed by atoms with Crippen molar-refractivity contribution in [2.45, 2.75) is 226 Å². The van der Waals surface area contributed by atoms with E-state index in [4.69, 9.17) is 77.2 Å². The lowest BCUT2D eigenvalue weighted by Gasteiger charge is -2.43. The van der Waals surface area contributed by atoms with Gasteiger partial charge in [0.25, 0.3) is 17.6 Å². The van der Waals surface area contributed by atoms with Crippen LogP contribution >= 0.6 is 0 Å². The van der Waals surface area contributed by atoms with Crippen LogP contribution in [-0.2, 0) is 96.9 Å². The number of aliphatic hydroxyl groups excluding tert-OH is 3. The fourth-order valence-electron chi connectivity index (χ4n) is 15.8. The van der Waals surface area contributed by atoms with Crippen molar-refractivity contribution in [1.82, 2.24) is 45.2 Å². The number of esters is 1. The molecule has 0 radical (unpaired) electrons. The van der Waals surface area contributed by atoms with Crippen LogP contribution in [0.25, 0.3) is 33.3 Å². The Bertz CT molecular complexity index is 3970. The zero-order chi connectivity index (χ0) is 89.8. The Morgan fingerprint density at radius 3 is 2.06 bits per heavy atom. The van der Waals surface area contributed by atoms with Crippen molar-refractivity contribution in [2.24, 2.45) is 40.7 Å². The van der Waals surface area contributed by atoms with Crippen LogP contribution in [0.3, 0.4) is 0 Å². The molecule has 1 aliphatic carbocycles. The summed E-state index contributed by atoms with van der Waals surface area (Å²) in [6.07, 6.45) is 17.6. The van der Waals surface area contributed by atoms with Gasteiger partial charge in [0.2, 0.25) is 11.7 Å². The molecule has 2 bridgehead atoms. The largest absolute Gasteiger partial charge is 0.460 e. The Hall–Kier alpha value is -7.62. The summed E-state index contributed by atoms with van der Waals surface area (Å²) in [6, 6.07) is 2.84.